The maximum absolute atomic E-state index is 13.1. The lowest BCUT2D eigenvalue weighted by Gasteiger charge is -2.45. The number of rotatable bonds is 5. The van der Waals surface area contributed by atoms with Gasteiger partial charge in [-0.1, -0.05) is 29.3 Å². The minimum Gasteiger partial charge on any atom is -0.381 e. The molecule has 178 valence electrons. The first-order valence-corrected chi connectivity index (χ1v) is 12.5. The first-order valence-electron chi connectivity index (χ1n) is 11.7. The van der Waals surface area contributed by atoms with Crippen LogP contribution in [-0.4, -0.2) is 45.1 Å². The van der Waals surface area contributed by atoms with E-state index in [0.29, 0.717) is 38.5 Å². The molecule has 2 N–H and O–H groups in total. The van der Waals surface area contributed by atoms with Crippen LogP contribution in [0.4, 0.5) is 17.2 Å². The zero-order chi connectivity index (χ0) is 23.9. The molecule has 9 heteroatoms. The van der Waals surface area contributed by atoms with Gasteiger partial charge in [0.15, 0.2) is 0 Å². The highest BCUT2D eigenvalue weighted by atomic mass is 35.5. The zero-order valence-electron chi connectivity index (χ0n) is 18.9. The van der Waals surface area contributed by atoms with Gasteiger partial charge in [-0.2, -0.15) is 0 Å². The number of hydrogen-bond acceptors (Lipinski definition) is 6. The van der Waals surface area contributed by atoms with Crippen molar-refractivity contribution in [2.75, 3.05) is 30.3 Å². The lowest BCUT2D eigenvalue weighted by atomic mass is 9.84. The lowest BCUT2D eigenvalue weighted by molar-refractivity contribution is 0.0975. The molecule has 0 spiro atoms. The first kappa shape index (κ1) is 22.3. The molecule has 3 aliphatic heterocycles. The number of pyridine rings is 1. The van der Waals surface area contributed by atoms with Gasteiger partial charge in [-0.15, -0.1) is 0 Å². The highest BCUT2D eigenvalue weighted by Crippen LogP contribution is 2.30. The number of piperidine rings is 3. The molecular weight excluding hydrogens is 483 g/mol. The quantitative estimate of drug-likeness (QED) is 0.380. The van der Waals surface area contributed by atoms with Crippen molar-refractivity contribution in [3.8, 4) is 5.69 Å². The van der Waals surface area contributed by atoms with E-state index in [-0.39, 0.29) is 5.56 Å². The van der Waals surface area contributed by atoms with Gasteiger partial charge in [-0.3, -0.25) is 9.36 Å². The van der Waals surface area contributed by atoms with Crippen molar-refractivity contribution in [1.29, 1.82) is 0 Å². The summed E-state index contributed by atoms with van der Waals surface area (Å²) < 4.78 is 1.35. The monoisotopic (exact) mass is 506 g/mol. The summed E-state index contributed by atoms with van der Waals surface area (Å²) in [5, 5.41) is 8.14. The van der Waals surface area contributed by atoms with Crippen LogP contribution >= 0.6 is 23.2 Å². The molecule has 5 heterocycles. The molecule has 7 rings (SSSR count). The molecular formula is C26H24Cl2N6O. The molecule has 0 amide bonds. The Morgan fingerprint density at radius 3 is 2.34 bits per heavy atom. The molecule has 2 bridgehead atoms. The Labute approximate surface area is 212 Å². The van der Waals surface area contributed by atoms with Crippen molar-refractivity contribution >= 4 is 51.3 Å². The molecule has 4 aromatic rings. The summed E-state index contributed by atoms with van der Waals surface area (Å²) in [7, 11) is 0. The second-order valence-corrected chi connectivity index (χ2v) is 9.98. The Hall–Kier alpha value is -3.13. The molecule has 0 saturated carbocycles. The van der Waals surface area contributed by atoms with E-state index in [1.54, 1.807) is 24.3 Å². The second kappa shape index (κ2) is 9.15. The van der Waals surface area contributed by atoms with Gasteiger partial charge in [0.05, 0.1) is 26.6 Å². The Morgan fingerprint density at radius 2 is 1.66 bits per heavy atom. The minimum atomic E-state index is -0.285. The Bertz CT molecular complexity index is 1430. The van der Waals surface area contributed by atoms with Crippen molar-refractivity contribution in [1.82, 2.24) is 19.4 Å². The lowest BCUT2D eigenvalue weighted by Crippen LogP contribution is -2.53. The maximum Gasteiger partial charge on any atom is 0.267 e. The zero-order valence-corrected chi connectivity index (χ0v) is 20.4. The minimum absolute atomic E-state index is 0.285. The summed E-state index contributed by atoms with van der Waals surface area (Å²) in [6.07, 6.45) is 5.54. The highest BCUT2D eigenvalue weighted by Gasteiger charge is 2.33. The topological polar surface area (TPSA) is 75.1 Å². The van der Waals surface area contributed by atoms with Gasteiger partial charge >= 0.3 is 0 Å². The fourth-order valence-electron chi connectivity index (χ4n) is 5.11. The van der Waals surface area contributed by atoms with E-state index in [4.69, 9.17) is 23.2 Å². The van der Waals surface area contributed by atoms with Crippen molar-refractivity contribution < 1.29 is 0 Å². The normalized spacial score (nSPS) is 21.3. The highest BCUT2D eigenvalue weighted by molar-refractivity contribution is 6.37. The molecule has 3 fully saturated rings. The number of nitrogens with one attached hydrogen (secondary N) is 2. The van der Waals surface area contributed by atoms with Gasteiger partial charge in [-0.05, 0) is 68.2 Å². The third-order valence-corrected chi connectivity index (χ3v) is 7.60. The van der Waals surface area contributed by atoms with Crippen LogP contribution in [0.1, 0.15) is 12.8 Å². The van der Waals surface area contributed by atoms with Crippen LogP contribution in [0.5, 0.6) is 0 Å². The molecule has 3 saturated heterocycles. The largest absolute Gasteiger partial charge is 0.381 e. The van der Waals surface area contributed by atoms with Crippen LogP contribution in [0, 0.1) is 5.92 Å². The molecule has 0 radical (unpaired) electrons. The van der Waals surface area contributed by atoms with E-state index in [2.05, 4.69) is 37.6 Å². The predicted octanol–water partition coefficient (Wildman–Crippen LogP) is 5.34. The maximum atomic E-state index is 13.1. The number of hydrogen-bond donors (Lipinski definition) is 2. The third kappa shape index (κ3) is 4.35. The van der Waals surface area contributed by atoms with Crippen LogP contribution in [0.3, 0.4) is 0 Å². The number of anilines is 3. The van der Waals surface area contributed by atoms with E-state index in [1.165, 1.54) is 43.0 Å². The van der Waals surface area contributed by atoms with Crippen molar-refractivity contribution in [2.45, 2.75) is 18.9 Å². The van der Waals surface area contributed by atoms with Gasteiger partial charge < -0.3 is 15.5 Å². The number of fused-ring (bicyclic) bond motifs is 4. The Kier molecular flexibility index (Phi) is 5.84. The molecule has 3 aliphatic rings. The van der Waals surface area contributed by atoms with Gasteiger partial charge in [0.25, 0.3) is 5.56 Å². The number of para-hydroxylation sites is 1. The molecule has 0 aliphatic carbocycles. The van der Waals surface area contributed by atoms with Crippen LogP contribution in [0.25, 0.3) is 16.6 Å². The predicted molar refractivity (Wildman–Crippen MR) is 141 cm³/mol. The average Bonchev–Trinajstić information content (AvgIpc) is 2.87. The van der Waals surface area contributed by atoms with Gasteiger partial charge in [-0.25, -0.2) is 9.97 Å². The number of benzene rings is 2. The van der Waals surface area contributed by atoms with Crippen molar-refractivity contribution in [3.05, 3.63) is 81.5 Å². The summed E-state index contributed by atoms with van der Waals surface area (Å²) in [6, 6.07) is 15.6. The van der Waals surface area contributed by atoms with E-state index in [0.717, 1.165) is 23.8 Å². The van der Waals surface area contributed by atoms with E-state index >= 15 is 0 Å². The summed E-state index contributed by atoms with van der Waals surface area (Å²) in [4.78, 5) is 24.5. The number of nitrogens with zero attached hydrogens (tertiary/aromatic N) is 4. The molecule has 7 nitrogen and oxygen atoms in total. The SMILES string of the molecule is O=c1c2cnc(Nc3ccc(N[C@@H]4CN5CCC4CC5)cc3)cc2ncn1-c1c(Cl)cccc1Cl. The third-order valence-electron chi connectivity index (χ3n) is 6.99. The summed E-state index contributed by atoms with van der Waals surface area (Å²) in [5.74, 6) is 1.38. The molecule has 35 heavy (non-hydrogen) atoms. The van der Waals surface area contributed by atoms with Crippen LogP contribution in [0.15, 0.2) is 65.8 Å². The fraction of sp³-hybridized carbons (Fsp3) is 0.269. The van der Waals surface area contributed by atoms with Crippen molar-refractivity contribution in [2.24, 2.45) is 5.92 Å². The molecule has 2 aromatic carbocycles. The average molecular weight is 507 g/mol. The van der Waals surface area contributed by atoms with Crippen LogP contribution in [-0.2, 0) is 0 Å². The first-order chi connectivity index (χ1) is 17.0. The van der Waals surface area contributed by atoms with Crippen molar-refractivity contribution in [3.63, 3.8) is 0 Å². The second-order valence-electron chi connectivity index (χ2n) is 9.17. The van der Waals surface area contributed by atoms with Gasteiger partial charge in [0.2, 0.25) is 0 Å². The van der Waals surface area contributed by atoms with Crippen LogP contribution < -0.4 is 16.2 Å². The summed E-state index contributed by atoms with van der Waals surface area (Å²) >= 11 is 12.6. The number of aromatic nitrogens is 3. The van der Waals surface area contributed by atoms with Gasteiger partial charge in [0.1, 0.15) is 12.1 Å². The van der Waals surface area contributed by atoms with Crippen LogP contribution in [0.2, 0.25) is 10.0 Å². The van der Waals surface area contributed by atoms with E-state index < -0.39 is 0 Å². The molecule has 2 aromatic heterocycles. The Balaban J connectivity index is 1.20. The number of halogens is 2. The van der Waals surface area contributed by atoms with E-state index in [1.807, 2.05) is 12.1 Å². The van der Waals surface area contributed by atoms with Gasteiger partial charge in [0, 0.05) is 36.2 Å². The summed E-state index contributed by atoms with van der Waals surface area (Å²) in [6.45, 7) is 3.60. The fourth-order valence-corrected chi connectivity index (χ4v) is 5.69. The molecule has 0 unspecified atom stereocenters. The summed E-state index contributed by atoms with van der Waals surface area (Å²) in [5.41, 5.74) is 2.69. The smallest absolute Gasteiger partial charge is 0.267 e. The Morgan fingerprint density at radius 1 is 0.943 bits per heavy atom. The molecule has 1 atom stereocenters. The standard InChI is InChI=1S/C26H24Cl2N6O/c27-20-2-1-3-21(28)25(20)34-15-30-22-12-24(29-13-19(22)26(34)35)32-18-6-4-17(5-7-18)31-23-14-33-10-8-16(23)9-11-33/h1-7,12-13,15-16,23,31H,8-11,14H2,(H,29,32)/t23-/m1/s1. The van der Waals surface area contributed by atoms with E-state index in [9.17, 15) is 4.79 Å².